The molecule has 4 nitrogen and oxygen atoms in total. The van der Waals surface area contributed by atoms with Crippen LogP contribution in [0.25, 0.3) is 16.5 Å². The van der Waals surface area contributed by atoms with Crippen molar-refractivity contribution in [1.82, 2.24) is 9.88 Å². The average molecular weight is 401 g/mol. The highest BCUT2D eigenvalue weighted by Gasteiger charge is 2.18. The van der Waals surface area contributed by atoms with E-state index in [0.717, 1.165) is 28.9 Å². The van der Waals surface area contributed by atoms with Crippen LogP contribution in [0.2, 0.25) is 0 Å². The first-order valence-electron chi connectivity index (χ1n) is 8.97. The number of hydrogen-bond donors (Lipinski definition) is 2. The molecule has 0 spiro atoms. The molecule has 0 saturated heterocycles. The summed E-state index contributed by atoms with van der Waals surface area (Å²) in [6, 6.07) is 10.9. The smallest absolute Gasteiger partial charge is 0.141 e. The number of H-pyrrole nitrogens is 1. The van der Waals surface area contributed by atoms with E-state index in [2.05, 4.69) is 53.4 Å². The minimum absolute atomic E-state index is 0. The summed E-state index contributed by atoms with van der Waals surface area (Å²) < 4.78 is 0. The van der Waals surface area contributed by atoms with Gasteiger partial charge in [0.25, 0.3) is 0 Å². The van der Waals surface area contributed by atoms with E-state index in [4.69, 9.17) is 5.73 Å². The second-order valence-electron chi connectivity index (χ2n) is 7.03. The Hall–Kier alpha value is -2.08. The van der Waals surface area contributed by atoms with E-state index in [9.17, 15) is 0 Å². The highest BCUT2D eigenvalue weighted by atomic mass is 35.5. The molecule has 2 aromatic heterocycles. The molecule has 1 aliphatic carbocycles. The third-order valence-electron chi connectivity index (χ3n) is 5.15. The minimum atomic E-state index is 0. The fraction of sp³-hybridized carbons (Fsp3) is 0.286. The fourth-order valence-electron chi connectivity index (χ4n) is 3.60. The Kier molecular flexibility index (Phi) is 6.05. The van der Waals surface area contributed by atoms with Crippen molar-refractivity contribution in [3.63, 3.8) is 0 Å². The van der Waals surface area contributed by atoms with Crippen molar-refractivity contribution in [3.05, 3.63) is 58.4 Å². The predicted octanol–water partition coefficient (Wildman–Crippen LogP) is 5.19. The molecule has 2 heterocycles. The lowest BCUT2D eigenvalue weighted by molar-refractivity contribution is 0.278. The lowest BCUT2D eigenvalue weighted by atomic mass is 9.90. The Morgan fingerprint density at radius 1 is 1.30 bits per heavy atom. The van der Waals surface area contributed by atoms with Gasteiger partial charge in [-0.2, -0.15) is 0 Å². The molecule has 1 atom stereocenters. The second-order valence-corrected chi connectivity index (χ2v) is 7.98. The molecule has 4 rings (SSSR count). The van der Waals surface area contributed by atoms with Crippen molar-refractivity contribution in [2.45, 2.75) is 25.3 Å². The van der Waals surface area contributed by atoms with Crippen LogP contribution >= 0.6 is 23.7 Å². The predicted molar refractivity (Wildman–Crippen MR) is 120 cm³/mol. The molecular formula is C21H25ClN4S. The number of nitrogens with two attached hydrogens (primary N) is 1. The van der Waals surface area contributed by atoms with Crippen LogP contribution in [-0.2, 0) is 0 Å². The van der Waals surface area contributed by atoms with Gasteiger partial charge in [-0.1, -0.05) is 12.1 Å². The van der Waals surface area contributed by atoms with Gasteiger partial charge in [-0.25, -0.2) is 4.99 Å². The van der Waals surface area contributed by atoms with Crippen LogP contribution in [0.15, 0.2) is 53.0 Å². The lowest BCUT2D eigenvalue weighted by Crippen LogP contribution is -2.28. The summed E-state index contributed by atoms with van der Waals surface area (Å²) in [5.74, 6) is 0.571. The first-order valence-corrected chi connectivity index (χ1v) is 9.85. The van der Waals surface area contributed by atoms with Gasteiger partial charge in [-0.15, -0.1) is 23.7 Å². The van der Waals surface area contributed by atoms with Crippen molar-refractivity contribution < 1.29 is 0 Å². The van der Waals surface area contributed by atoms with Crippen molar-refractivity contribution in [3.8, 4) is 0 Å². The Morgan fingerprint density at radius 3 is 2.81 bits per heavy atom. The number of aromatic amines is 1. The van der Waals surface area contributed by atoms with Crippen LogP contribution in [0, 0.1) is 0 Å². The second kappa shape index (κ2) is 8.30. The van der Waals surface area contributed by atoms with E-state index in [1.54, 1.807) is 11.3 Å². The van der Waals surface area contributed by atoms with Crippen LogP contribution < -0.4 is 5.73 Å². The Labute approximate surface area is 170 Å². The van der Waals surface area contributed by atoms with E-state index >= 15 is 0 Å². The number of fused-ring (bicyclic) bond motifs is 1. The zero-order valence-electron chi connectivity index (χ0n) is 15.6. The van der Waals surface area contributed by atoms with Gasteiger partial charge in [-0.3, -0.25) is 0 Å². The molecule has 0 radical (unpaired) electrons. The number of thiophene rings is 1. The molecule has 6 heteroatoms. The molecule has 1 unspecified atom stereocenters. The maximum Gasteiger partial charge on any atom is 0.141 e. The van der Waals surface area contributed by atoms with Gasteiger partial charge in [0.1, 0.15) is 5.84 Å². The summed E-state index contributed by atoms with van der Waals surface area (Å²) in [7, 11) is 4.33. The Morgan fingerprint density at radius 2 is 2.15 bits per heavy atom. The van der Waals surface area contributed by atoms with Crippen LogP contribution in [0.1, 0.15) is 29.7 Å². The summed E-state index contributed by atoms with van der Waals surface area (Å²) >= 11 is 1.61. The number of benzene rings is 1. The summed E-state index contributed by atoms with van der Waals surface area (Å²) in [5.41, 5.74) is 10.9. The first kappa shape index (κ1) is 19.7. The van der Waals surface area contributed by atoms with Gasteiger partial charge in [0.15, 0.2) is 0 Å². The lowest BCUT2D eigenvalue weighted by Gasteiger charge is -2.27. The molecule has 0 fully saturated rings. The quantitative estimate of drug-likeness (QED) is 0.468. The van der Waals surface area contributed by atoms with E-state index in [1.807, 2.05) is 23.6 Å². The number of rotatable bonds is 4. The van der Waals surface area contributed by atoms with Crippen molar-refractivity contribution in [2.75, 3.05) is 14.1 Å². The van der Waals surface area contributed by atoms with Crippen molar-refractivity contribution in [1.29, 1.82) is 0 Å². The highest BCUT2D eigenvalue weighted by molar-refractivity contribution is 7.12. The highest BCUT2D eigenvalue weighted by Crippen LogP contribution is 2.34. The van der Waals surface area contributed by atoms with Crippen LogP contribution in [0.5, 0.6) is 0 Å². The summed E-state index contributed by atoms with van der Waals surface area (Å²) in [6.45, 7) is 0. The number of halogens is 1. The molecule has 3 aromatic rings. The van der Waals surface area contributed by atoms with Crippen molar-refractivity contribution >= 4 is 51.7 Å². The Bertz CT molecular complexity index is 969. The molecule has 0 amide bonds. The topological polar surface area (TPSA) is 57.4 Å². The number of allylic oxidation sites excluding steroid dienone is 1. The molecule has 3 N–H and O–H groups in total. The zero-order chi connectivity index (χ0) is 18.1. The summed E-state index contributed by atoms with van der Waals surface area (Å²) in [5, 5.41) is 3.24. The fourth-order valence-corrected chi connectivity index (χ4v) is 4.22. The van der Waals surface area contributed by atoms with E-state index in [1.165, 1.54) is 22.9 Å². The molecule has 1 aliphatic rings. The number of aromatic nitrogens is 1. The van der Waals surface area contributed by atoms with Gasteiger partial charge in [-0.05, 0) is 68.6 Å². The number of hydrogen-bond acceptors (Lipinski definition) is 3. The largest absolute Gasteiger partial charge is 0.383 e. The van der Waals surface area contributed by atoms with E-state index in [-0.39, 0.29) is 12.4 Å². The summed E-state index contributed by atoms with van der Waals surface area (Å²) in [4.78, 5) is 11.3. The number of nitrogens with one attached hydrogen (secondary N) is 1. The zero-order valence-corrected chi connectivity index (χ0v) is 17.2. The van der Waals surface area contributed by atoms with Gasteiger partial charge in [0.05, 0.1) is 10.6 Å². The first-order chi connectivity index (χ1) is 12.6. The normalized spacial score (nSPS) is 17.8. The standard InChI is InChI=1S/C21H24N4S.ClH/c1-25(2)16-8-5-14(6-9-16)18-13-23-19-10-7-15(12-17(18)19)24-21(22)20-4-3-11-26-20;/h3-5,7,10-13,16,23H,6,8-9H2,1-2H3,(H2,22,24);1H. The molecule has 142 valence electrons. The maximum atomic E-state index is 6.15. The third kappa shape index (κ3) is 4.10. The summed E-state index contributed by atoms with van der Waals surface area (Å²) in [6.07, 6.45) is 7.95. The molecule has 0 bridgehead atoms. The van der Waals surface area contributed by atoms with Gasteiger partial charge in [0.2, 0.25) is 0 Å². The minimum Gasteiger partial charge on any atom is -0.383 e. The van der Waals surface area contributed by atoms with Crippen LogP contribution in [-0.4, -0.2) is 35.9 Å². The average Bonchev–Trinajstić information content (AvgIpc) is 3.31. The molecular weight excluding hydrogens is 376 g/mol. The maximum absolute atomic E-state index is 6.15. The van der Waals surface area contributed by atoms with Crippen molar-refractivity contribution in [2.24, 2.45) is 10.7 Å². The molecule has 1 aromatic carbocycles. The molecule has 0 aliphatic heterocycles. The van der Waals surface area contributed by atoms with Crippen LogP contribution in [0.3, 0.4) is 0 Å². The Balaban J connectivity index is 0.00000210. The SMILES string of the molecule is CN(C)C1CC=C(c2c[nH]c3ccc(N=C(N)c4cccs4)cc23)CC1.Cl. The van der Waals surface area contributed by atoms with E-state index < -0.39 is 0 Å². The molecule has 27 heavy (non-hydrogen) atoms. The third-order valence-corrected chi connectivity index (χ3v) is 6.04. The molecule has 0 saturated carbocycles. The van der Waals surface area contributed by atoms with E-state index in [0.29, 0.717) is 11.9 Å². The van der Waals surface area contributed by atoms with Crippen LogP contribution in [0.4, 0.5) is 5.69 Å². The number of amidine groups is 1. The van der Waals surface area contributed by atoms with Gasteiger partial charge < -0.3 is 15.6 Å². The number of aliphatic imine (C=N–C) groups is 1. The monoisotopic (exact) mass is 400 g/mol. The van der Waals surface area contributed by atoms with Gasteiger partial charge in [0, 0.05) is 28.7 Å². The number of nitrogens with zero attached hydrogens (tertiary/aromatic N) is 2. The van der Waals surface area contributed by atoms with Gasteiger partial charge >= 0.3 is 0 Å².